The number of hydrogen-bond acceptors (Lipinski definition) is 18. The first-order valence-electron chi connectivity index (χ1n) is 35.6. The van der Waals surface area contributed by atoms with Gasteiger partial charge in [-0.25, -0.2) is 0 Å². The number of hydrogen-bond donors (Lipinski definition) is 4. The molecule has 0 amide bonds. The van der Waals surface area contributed by atoms with Gasteiger partial charge in [0.2, 0.25) is 0 Å². The molecule has 6 unspecified atom stereocenters. The summed E-state index contributed by atoms with van der Waals surface area (Å²) < 4.78 is 75.0. The van der Waals surface area contributed by atoms with Crippen LogP contribution in [0.1, 0.15) is 113 Å². The molecular weight excluding hydrogens is 1310 g/mol. The molecule has 10 rings (SSSR count). The van der Waals surface area contributed by atoms with Gasteiger partial charge in [0.1, 0.15) is 135 Å². The van der Waals surface area contributed by atoms with Crippen molar-refractivity contribution in [3.8, 4) is 46.0 Å². The summed E-state index contributed by atoms with van der Waals surface area (Å²) in [7, 11) is 4.57. The zero-order valence-corrected chi connectivity index (χ0v) is 61.6. The number of rotatable bonds is 43. The molecule has 0 bridgehead atoms. The van der Waals surface area contributed by atoms with Gasteiger partial charge in [0.25, 0.3) is 5.97 Å². The number of epoxide rings is 2. The highest BCUT2D eigenvalue weighted by Gasteiger charge is 2.32. The lowest BCUT2D eigenvalue weighted by Crippen LogP contribution is -2.43. The van der Waals surface area contributed by atoms with Crippen molar-refractivity contribution in [2.24, 2.45) is 0 Å². The number of aliphatic hydroxyl groups is 4. The second-order valence-electron chi connectivity index (χ2n) is 28.9. The minimum Gasteiger partial charge on any atom is -0.491 e. The lowest BCUT2D eigenvalue weighted by Gasteiger charge is -2.31. The normalized spacial score (nSPS) is 15.9. The predicted molar refractivity (Wildman–Crippen MR) is 397 cm³/mol. The first-order valence-corrected chi connectivity index (χ1v) is 35.6. The maximum Gasteiger partial charge on any atom is 0.282 e. The van der Waals surface area contributed by atoms with Crippen molar-refractivity contribution in [1.29, 1.82) is 0 Å². The molecule has 0 aliphatic carbocycles. The molecule has 6 atom stereocenters. The van der Waals surface area contributed by atoms with E-state index in [-0.39, 0.29) is 86.6 Å². The third-order valence-corrected chi connectivity index (χ3v) is 19.8. The van der Waals surface area contributed by atoms with Crippen LogP contribution < -0.4 is 37.9 Å². The van der Waals surface area contributed by atoms with E-state index in [1.54, 1.807) is 0 Å². The Morgan fingerprint density at radius 3 is 0.709 bits per heavy atom. The van der Waals surface area contributed by atoms with E-state index in [4.69, 9.17) is 61.6 Å². The van der Waals surface area contributed by atoms with E-state index in [0.717, 1.165) is 58.1 Å². The minimum atomic E-state index is -1.23. The molecule has 0 aromatic heterocycles. The van der Waals surface area contributed by atoms with Gasteiger partial charge in [-0.3, -0.25) is 4.90 Å². The van der Waals surface area contributed by atoms with E-state index in [1.807, 2.05) is 150 Å². The molecule has 8 aromatic rings. The molecule has 8 aromatic carbocycles. The maximum atomic E-state index is 11.4. The summed E-state index contributed by atoms with van der Waals surface area (Å²) in [5.41, 5.74) is 7.65. The average molecular weight is 1410 g/mol. The summed E-state index contributed by atoms with van der Waals surface area (Å²) in [4.78, 5) is 1.98. The molecule has 103 heavy (non-hydrogen) atoms. The Bertz CT molecular complexity index is 3570. The number of ether oxygens (including phenoxy) is 13. The van der Waals surface area contributed by atoms with E-state index < -0.39 is 30.4 Å². The van der Waals surface area contributed by atoms with Gasteiger partial charge in [0, 0.05) is 62.5 Å². The van der Waals surface area contributed by atoms with Gasteiger partial charge in [-0.1, -0.05) is 152 Å². The molecule has 2 aliphatic heterocycles. The van der Waals surface area contributed by atoms with E-state index in [1.165, 1.54) is 32.5 Å². The number of aliphatic hydroxyl groups excluding tert-OH is 4. The second-order valence-corrected chi connectivity index (χ2v) is 28.9. The smallest absolute Gasteiger partial charge is 0.282 e. The molecular formula is C85H105NO17. The van der Waals surface area contributed by atoms with Gasteiger partial charge in [-0.2, -0.15) is 0 Å². The zero-order chi connectivity index (χ0) is 73.2. The molecule has 0 radical (unpaired) electrons. The Morgan fingerprint density at radius 2 is 0.515 bits per heavy atom. The predicted octanol–water partition coefficient (Wildman–Crippen LogP) is 13.0. The van der Waals surface area contributed by atoms with Gasteiger partial charge in [-0.15, -0.1) is 0 Å². The summed E-state index contributed by atoms with van der Waals surface area (Å²) in [6.45, 7) is 21.3. The number of nitrogens with zero attached hydrogens (tertiary/aromatic N) is 1. The molecule has 0 spiro atoms. The standard InChI is InChI=1S/C85H105NO17/c1-81(2,61-17-33-73(34-18-61)96-51-69(89)53-98-75-37-21-63(22-38-75)83(5,6)65-25-41-77(42-26-65)100-55-79-57-102-79)59-13-29-71(30-14-59)94-49-67(87)47-86(46-12-45-85(91-9,92-10)93-11)48-68(88)50-95-72-31-15-60(16-32-72)82(3,4)62-19-35-74(36-20-62)97-52-70(90)54-99-76-39-23-64(24-40-76)84(7,8)66-27-43-78(44-28-66)101-56-80-58-103-80/h13-44,67-70,79-80,87-90H,12,45-58H2,1-11H3. The van der Waals surface area contributed by atoms with E-state index in [9.17, 15) is 20.4 Å². The van der Waals surface area contributed by atoms with Crippen molar-refractivity contribution < 1.29 is 82.0 Å². The average Bonchev–Trinajstić information content (AvgIpc) is 1.80. The zero-order valence-electron chi connectivity index (χ0n) is 61.6. The van der Waals surface area contributed by atoms with Crippen LogP contribution in [0.2, 0.25) is 0 Å². The first kappa shape index (κ1) is 77.4. The molecule has 552 valence electrons. The summed E-state index contributed by atoms with van der Waals surface area (Å²) >= 11 is 0. The highest BCUT2D eigenvalue weighted by molar-refractivity contribution is 5.46. The van der Waals surface area contributed by atoms with E-state index >= 15 is 0 Å². The van der Waals surface area contributed by atoms with Crippen LogP contribution in [0.25, 0.3) is 0 Å². The Morgan fingerprint density at radius 1 is 0.320 bits per heavy atom. The Labute approximate surface area is 608 Å². The van der Waals surface area contributed by atoms with Crippen molar-refractivity contribution >= 4 is 0 Å². The molecule has 2 heterocycles. The van der Waals surface area contributed by atoms with E-state index in [0.29, 0.717) is 67.1 Å². The van der Waals surface area contributed by atoms with Crippen molar-refractivity contribution in [3.05, 3.63) is 239 Å². The molecule has 4 N–H and O–H groups in total. The fourth-order valence-corrected chi connectivity index (χ4v) is 12.4. The highest BCUT2D eigenvalue weighted by Crippen LogP contribution is 2.38. The number of methoxy groups -OCH3 is 3. The topological polar surface area (TPSA) is 211 Å². The van der Waals surface area contributed by atoms with Crippen LogP contribution in [0, 0.1) is 0 Å². The highest BCUT2D eigenvalue weighted by atomic mass is 16.9. The van der Waals surface area contributed by atoms with Crippen molar-refractivity contribution in [2.45, 2.75) is 132 Å². The molecule has 2 saturated heterocycles. The Hall–Kier alpha value is -8.24. The molecule has 2 aliphatic rings. The molecule has 2 fully saturated rings. The third-order valence-electron chi connectivity index (χ3n) is 19.8. The van der Waals surface area contributed by atoms with Gasteiger partial charge in [-0.05, 0) is 155 Å². The number of benzene rings is 8. The van der Waals surface area contributed by atoms with Crippen molar-refractivity contribution in [1.82, 2.24) is 4.90 Å². The van der Waals surface area contributed by atoms with Crippen LogP contribution in [-0.4, -0.2) is 175 Å². The van der Waals surface area contributed by atoms with Crippen LogP contribution in [-0.2, 0) is 45.3 Å². The summed E-state index contributed by atoms with van der Waals surface area (Å²) in [6, 6.07) is 63.9. The Kier molecular flexibility index (Phi) is 26.7. The Balaban J connectivity index is 0.635. The van der Waals surface area contributed by atoms with Crippen LogP contribution in [0.3, 0.4) is 0 Å². The SMILES string of the molecule is COC(CCCN(CC(O)COc1ccc(C(C)(C)c2ccc(OCC(O)COc3ccc(C(C)(C)c4ccc(OCC5CO5)cc4)cc3)cc2)cc1)CC(O)COc1ccc(C(C)(C)c2ccc(OCC(O)COc3ccc(C(C)(C)c4ccc(OCC5CO5)cc4)cc3)cc2)cc1)(OC)OC. The van der Waals surface area contributed by atoms with Crippen LogP contribution >= 0.6 is 0 Å². The third kappa shape index (κ3) is 21.9. The fourth-order valence-electron chi connectivity index (χ4n) is 12.4. The first-order chi connectivity index (χ1) is 49.4. The van der Waals surface area contributed by atoms with Crippen LogP contribution in [0.5, 0.6) is 46.0 Å². The van der Waals surface area contributed by atoms with Gasteiger partial charge in [0.05, 0.1) is 13.2 Å². The monoisotopic (exact) mass is 1410 g/mol. The second kappa shape index (κ2) is 35.5. The maximum absolute atomic E-state index is 11.4. The largest absolute Gasteiger partial charge is 0.491 e. The van der Waals surface area contributed by atoms with Crippen LogP contribution in [0.4, 0.5) is 0 Å². The summed E-state index contributed by atoms with van der Waals surface area (Å²) in [6.07, 6.45) is -2.09. The summed E-state index contributed by atoms with van der Waals surface area (Å²) in [5.74, 6) is 4.25. The van der Waals surface area contributed by atoms with Gasteiger partial charge in [0.15, 0.2) is 0 Å². The molecule has 18 nitrogen and oxygen atoms in total. The van der Waals surface area contributed by atoms with Crippen molar-refractivity contribution in [2.75, 3.05) is 107 Å². The van der Waals surface area contributed by atoms with E-state index in [2.05, 4.69) is 104 Å². The quantitative estimate of drug-likeness (QED) is 0.0207. The minimum absolute atomic E-state index is 0.0198. The molecule has 18 heteroatoms. The van der Waals surface area contributed by atoms with Crippen LogP contribution in [0.15, 0.2) is 194 Å². The van der Waals surface area contributed by atoms with Gasteiger partial charge >= 0.3 is 0 Å². The van der Waals surface area contributed by atoms with Crippen molar-refractivity contribution in [3.63, 3.8) is 0 Å². The van der Waals surface area contributed by atoms with Gasteiger partial charge < -0.3 is 82.0 Å². The molecule has 0 saturated carbocycles. The lowest BCUT2D eigenvalue weighted by molar-refractivity contribution is -0.355. The lowest BCUT2D eigenvalue weighted by atomic mass is 9.78. The fraction of sp³-hybridized carbons (Fsp3) is 0.435. The summed E-state index contributed by atoms with van der Waals surface area (Å²) in [5, 5.41) is 44.5.